The number of carbonyl (C=O) groups is 1. The highest BCUT2D eigenvalue weighted by Crippen LogP contribution is 2.20. The van der Waals surface area contributed by atoms with Crippen LogP contribution in [0.4, 0.5) is 5.69 Å². The van der Waals surface area contributed by atoms with E-state index in [0.29, 0.717) is 22.7 Å². The van der Waals surface area contributed by atoms with Crippen LogP contribution in [-0.4, -0.2) is 20.7 Å². The maximum atomic E-state index is 12.1. The molecule has 0 aliphatic carbocycles. The molecule has 0 fully saturated rings. The van der Waals surface area contributed by atoms with Crippen molar-refractivity contribution in [3.8, 4) is 0 Å². The molecule has 0 unspecified atom stereocenters. The van der Waals surface area contributed by atoms with Gasteiger partial charge in [-0.3, -0.25) is 14.5 Å². The van der Waals surface area contributed by atoms with Crippen molar-refractivity contribution in [3.63, 3.8) is 0 Å². The second-order valence-corrected chi connectivity index (χ2v) is 4.23. The topological polar surface area (TPSA) is 59.8 Å². The van der Waals surface area contributed by atoms with Gasteiger partial charge in [-0.1, -0.05) is 18.5 Å². The molecule has 0 aromatic carbocycles. The third-order valence-corrected chi connectivity index (χ3v) is 2.83. The van der Waals surface area contributed by atoms with Crippen LogP contribution in [0.3, 0.4) is 0 Å². The molecular weight excluding hydrogens is 252 g/mol. The number of hydrogen-bond donors (Lipinski definition) is 1. The van der Waals surface area contributed by atoms with E-state index in [1.165, 1.54) is 6.20 Å². The van der Waals surface area contributed by atoms with Gasteiger partial charge < -0.3 is 5.32 Å². The molecule has 0 radical (unpaired) electrons. The summed E-state index contributed by atoms with van der Waals surface area (Å²) in [6.07, 6.45) is 5.48. The van der Waals surface area contributed by atoms with E-state index in [-0.39, 0.29) is 5.91 Å². The van der Waals surface area contributed by atoms with Crippen LogP contribution in [0, 0.1) is 0 Å². The molecule has 1 N–H and O–H groups in total. The Bertz CT molecular complexity index is 579. The second kappa shape index (κ2) is 5.18. The van der Waals surface area contributed by atoms with E-state index in [1.54, 1.807) is 30.2 Å². The second-order valence-electron chi connectivity index (χ2n) is 3.83. The van der Waals surface area contributed by atoms with Gasteiger partial charge in [-0.05, 0) is 12.5 Å². The Balaban J connectivity index is 2.25. The van der Waals surface area contributed by atoms with Crippen LogP contribution in [0.15, 0.2) is 24.7 Å². The van der Waals surface area contributed by atoms with Crippen LogP contribution in [0.25, 0.3) is 0 Å². The molecule has 0 aliphatic heterocycles. The molecule has 0 spiro atoms. The predicted octanol–water partition coefficient (Wildman–Crippen LogP) is 2.28. The molecule has 0 atom stereocenters. The highest BCUT2D eigenvalue weighted by Gasteiger charge is 2.15. The van der Waals surface area contributed by atoms with Crippen LogP contribution in [0.5, 0.6) is 0 Å². The number of halogens is 1. The first-order chi connectivity index (χ1) is 8.61. The summed E-state index contributed by atoms with van der Waals surface area (Å²) in [5.41, 5.74) is 1.81. The molecule has 0 saturated carbocycles. The molecule has 0 aliphatic rings. The molecule has 2 aromatic rings. The standard InChI is InChI=1S/C12H13ClN4O/c1-3-10-8(7-17(2)16-10)12(18)15-11-6-14-5-4-9(11)13/h4-7H,3H2,1-2H3,(H,15,18). The number of anilines is 1. The summed E-state index contributed by atoms with van der Waals surface area (Å²) in [5, 5.41) is 7.41. The normalized spacial score (nSPS) is 10.4. The fourth-order valence-corrected chi connectivity index (χ4v) is 1.80. The summed E-state index contributed by atoms with van der Waals surface area (Å²) in [4.78, 5) is 16.0. The van der Waals surface area contributed by atoms with E-state index in [9.17, 15) is 4.79 Å². The number of carbonyl (C=O) groups excluding carboxylic acids is 1. The molecule has 0 saturated heterocycles. The number of hydrogen-bond acceptors (Lipinski definition) is 3. The van der Waals surface area contributed by atoms with Gasteiger partial charge in [-0.25, -0.2) is 0 Å². The SMILES string of the molecule is CCc1nn(C)cc1C(=O)Nc1cnccc1Cl. The maximum Gasteiger partial charge on any atom is 0.259 e. The van der Waals surface area contributed by atoms with E-state index in [1.807, 2.05) is 6.92 Å². The number of aromatic nitrogens is 3. The minimum atomic E-state index is -0.227. The molecule has 2 rings (SSSR count). The lowest BCUT2D eigenvalue weighted by molar-refractivity contribution is 0.102. The Morgan fingerprint density at radius 3 is 3.00 bits per heavy atom. The summed E-state index contributed by atoms with van der Waals surface area (Å²) in [6.45, 7) is 1.95. The van der Waals surface area contributed by atoms with Crippen molar-refractivity contribution in [1.82, 2.24) is 14.8 Å². The Hall–Kier alpha value is -1.88. The Morgan fingerprint density at radius 1 is 1.56 bits per heavy atom. The van der Waals surface area contributed by atoms with Crippen molar-refractivity contribution in [3.05, 3.63) is 40.9 Å². The number of nitrogens with one attached hydrogen (secondary N) is 1. The molecule has 94 valence electrons. The van der Waals surface area contributed by atoms with E-state index in [2.05, 4.69) is 15.4 Å². The lowest BCUT2D eigenvalue weighted by Crippen LogP contribution is -2.13. The number of aryl methyl sites for hydroxylation is 2. The van der Waals surface area contributed by atoms with Crippen LogP contribution >= 0.6 is 11.6 Å². The van der Waals surface area contributed by atoms with Gasteiger partial charge in [-0.15, -0.1) is 0 Å². The number of pyridine rings is 1. The zero-order valence-electron chi connectivity index (χ0n) is 10.1. The quantitative estimate of drug-likeness (QED) is 0.925. The monoisotopic (exact) mass is 264 g/mol. The van der Waals surface area contributed by atoms with Crippen LogP contribution in [-0.2, 0) is 13.5 Å². The first-order valence-corrected chi connectivity index (χ1v) is 5.93. The predicted molar refractivity (Wildman–Crippen MR) is 69.8 cm³/mol. The first-order valence-electron chi connectivity index (χ1n) is 5.55. The Kier molecular flexibility index (Phi) is 3.62. The summed E-state index contributed by atoms with van der Waals surface area (Å²) in [6, 6.07) is 1.63. The Morgan fingerprint density at radius 2 is 2.33 bits per heavy atom. The third-order valence-electron chi connectivity index (χ3n) is 2.50. The molecule has 2 heterocycles. The lowest BCUT2D eigenvalue weighted by Gasteiger charge is -2.05. The van der Waals surface area contributed by atoms with E-state index < -0.39 is 0 Å². The van der Waals surface area contributed by atoms with Crippen molar-refractivity contribution in [2.24, 2.45) is 7.05 Å². The maximum absolute atomic E-state index is 12.1. The summed E-state index contributed by atoms with van der Waals surface area (Å²) >= 11 is 5.96. The molecule has 18 heavy (non-hydrogen) atoms. The van der Waals surface area contributed by atoms with Crippen molar-refractivity contribution < 1.29 is 4.79 Å². The van der Waals surface area contributed by atoms with Crippen LogP contribution in [0.1, 0.15) is 23.0 Å². The molecular formula is C12H13ClN4O. The fourth-order valence-electron chi connectivity index (χ4n) is 1.64. The third kappa shape index (κ3) is 2.51. The number of amides is 1. The van der Waals surface area contributed by atoms with E-state index in [0.717, 1.165) is 5.69 Å². The summed E-state index contributed by atoms with van der Waals surface area (Å²) < 4.78 is 1.62. The van der Waals surface area contributed by atoms with Gasteiger partial charge in [-0.2, -0.15) is 5.10 Å². The first kappa shape index (κ1) is 12.6. The zero-order chi connectivity index (χ0) is 13.1. The fraction of sp³-hybridized carbons (Fsp3) is 0.250. The van der Waals surface area contributed by atoms with Gasteiger partial charge in [0.2, 0.25) is 0 Å². The zero-order valence-corrected chi connectivity index (χ0v) is 10.9. The smallest absolute Gasteiger partial charge is 0.259 e. The minimum Gasteiger partial charge on any atom is -0.319 e. The average Bonchev–Trinajstić information content (AvgIpc) is 2.73. The summed E-state index contributed by atoms with van der Waals surface area (Å²) in [7, 11) is 1.78. The van der Waals surface area contributed by atoms with Gasteiger partial charge in [0, 0.05) is 19.4 Å². The Labute approximate surface area is 110 Å². The van der Waals surface area contributed by atoms with Gasteiger partial charge in [0.1, 0.15) is 0 Å². The van der Waals surface area contributed by atoms with Crippen molar-refractivity contribution in [1.29, 1.82) is 0 Å². The number of nitrogens with zero attached hydrogens (tertiary/aromatic N) is 3. The van der Waals surface area contributed by atoms with E-state index >= 15 is 0 Å². The number of rotatable bonds is 3. The van der Waals surface area contributed by atoms with Gasteiger partial charge in [0.25, 0.3) is 5.91 Å². The lowest BCUT2D eigenvalue weighted by atomic mass is 10.2. The molecule has 6 heteroatoms. The molecule has 5 nitrogen and oxygen atoms in total. The van der Waals surface area contributed by atoms with Gasteiger partial charge >= 0.3 is 0 Å². The van der Waals surface area contributed by atoms with E-state index in [4.69, 9.17) is 11.6 Å². The highest BCUT2D eigenvalue weighted by molar-refractivity contribution is 6.33. The van der Waals surface area contributed by atoms with Crippen LogP contribution < -0.4 is 5.32 Å². The minimum absolute atomic E-state index is 0.227. The van der Waals surface area contributed by atoms with Gasteiger partial charge in [0.15, 0.2) is 0 Å². The van der Waals surface area contributed by atoms with Crippen molar-refractivity contribution in [2.45, 2.75) is 13.3 Å². The largest absolute Gasteiger partial charge is 0.319 e. The van der Waals surface area contributed by atoms with Gasteiger partial charge in [0.05, 0.1) is 28.2 Å². The molecule has 0 bridgehead atoms. The summed E-state index contributed by atoms with van der Waals surface area (Å²) in [5.74, 6) is -0.227. The molecule has 1 amide bonds. The van der Waals surface area contributed by atoms with Crippen molar-refractivity contribution in [2.75, 3.05) is 5.32 Å². The highest BCUT2D eigenvalue weighted by atomic mass is 35.5. The van der Waals surface area contributed by atoms with Crippen LogP contribution in [0.2, 0.25) is 5.02 Å². The average molecular weight is 265 g/mol. The molecule has 2 aromatic heterocycles. The van der Waals surface area contributed by atoms with Crippen molar-refractivity contribution >= 4 is 23.2 Å².